The van der Waals surface area contributed by atoms with E-state index in [2.05, 4.69) is 31.3 Å². The monoisotopic (exact) mass is 862 g/mol. The Balaban J connectivity index is 3.45. The fraction of sp³-hybridized carbons (Fsp3) is 0.927. The fourth-order valence-corrected chi connectivity index (χ4v) is 8.58. The van der Waals surface area contributed by atoms with Crippen molar-refractivity contribution in [3.8, 4) is 0 Å². The minimum atomic E-state index is -0.672. The van der Waals surface area contributed by atoms with E-state index in [1.165, 1.54) is 199 Å². The maximum Gasteiger partial charge on any atom is 0.305 e. The highest BCUT2D eigenvalue weighted by molar-refractivity contribution is 5.76. The van der Waals surface area contributed by atoms with Crippen LogP contribution >= 0.6 is 0 Å². The zero-order valence-corrected chi connectivity index (χ0v) is 41.2. The molecule has 0 saturated heterocycles. The van der Waals surface area contributed by atoms with Gasteiger partial charge in [0.1, 0.15) is 0 Å². The van der Waals surface area contributed by atoms with Gasteiger partial charge in [-0.2, -0.15) is 0 Å². The molecule has 0 aromatic heterocycles. The van der Waals surface area contributed by atoms with Crippen molar-refractivity contribution in [3.63, 3.8) is 0 Å². The quantitative estimate of drug-likeness (QED) is 0.0322. The van der Waals surface area contributed by atoms with Crippen molar-refractivity contribution in [2.45, 2.75) is 315 Å². The molecule has 0 aliphatic carbocycles. The van der Waals surface area contributed by atoms with Gasteiger partial charge < -0.3 is 20.3 Å². The molecule has 1 amide bonds. The summed E-state index contributed by atoms with van der Waals surface area (Å²) < 4.78 is 5.46. The molecular weight excluding hydrogens is 755 g/mol. The highest BCUT2D eigenvalue weighted by Gasteiger charge is 2.20. The average molecular weight is 862 g/mol. The Morgan fingerprint density at radius 2 is 0.770 bits per heavy atom. The molecule has 0 heterocycles. The number of carbonyl (C=O) groups is 2. The minimum absolute atomic E-state index is 0.00681. The Morgan fingerprint density at radius 3 is 1.16 bits per heavy atom. The second-order valence-electron chi connectivity index (χ2n) is 18.9. The second kappa shape index (κ2) is 51.2. The summed E-state index contributed by atoms with van der Waals surface area (Å²) in [6, 6.07) is -0.551. The standard InChI is InChI=1S/C55H107NO5/c1-3-5-7-9-11-13-15-17-20-25-29-33-37-41-45-49-55(60)61-50-46-42-38-34-30-26-22-19-21-24-28-32-36-40-44-48-54(59)56-52(51-57)53(58)47-43-39-35-31-27-23-18-16-14-12-10-8-6-4-2/h22,26,52-53,57-58H,3-21,23-25,27-51H2,1-2H3,(H,56,59)/b26-22-. The van der Waals surface area contributed by atoms with E-state index >= 15 is 0 Å². The molecule has 0 aliphatic heterocycles. The van der Waals surface area contributed by atoms with Crippen LogP contribution in [0.15, 0.2) is 12.2 Å². The number of ether oxygens (including phenoxy) is 1. The lowest BCUT2D eigenvalue weighted by atomic mass is 10.0. The summed E-state index contributed by atoms with van der Waals surface area (Å²) in [6.07, 6.45) is 59.0. The lowest BCUT2D eigenvalue weighted by Gasteiger charge is -2.22. The van der Waals surface area contributed by atoms with E-state index in [1.807, 2.05) is 0 Å². The molecule has 0 bridgehead atoms. The largest absolute Gasteiger partial charge is 0.466 e. The number of esters is 1. The molecule has 0 aliphatic rings. The van der Waals surface area contributed by atoms with Gasteiger partial charge in [0.15, 0.2) is 0 Å². The van der Waals surface area contributed by atoms with Crippen molar-refractivity contribution < 1.29 is 24.5 Å². The molecule has 0 spiro atoms. The van der Waals surface area contributed by atoms with Gasteiger partial charge in [0.25, 0.3) is 0 Å². The Bertz CT molecular complexity index is 909. The first-order valence-corrected chi connectivity index (χ1v) is 27.4. The van der Waals surface area contributed by atoms with Gasteiger partial charge in [-0.3, -0.25) is 9.59 Å². The number of aliphatic hydroxyl groups is 2. The summed E-state index contributed by atoms with van der Waals surface area (Å²) in [7, 11) is 0. The zero-order chi connectivity index (χ0) is 44.4. The van der Waals surface area contributed by atoms with E-state index < -0.39 is 12.1 Å². The Labute approximate surface area is 380 Å². The van der Waals surface area contributed by atoms with Gasteiger partial charge in [0.05, 0.1) is 25.4 Å². The first kappa shape index (κ1) is 59.6. The van der Waals surface area contributed by atoms with E-state index in [1.54, 1.807) is 0 Å². The first-order valence-electron chi connectivity index (χ1n) is 27.4. The van der Waals surface area contributed by atoms with Crippen LogP contribution in [0, 0.1) is 0 Å². The number of hydrogen-bond donors (Lipinski definition) is 3. The van der Waals surface area contributed by atoms with Gasteiger partial charge in [0, 0.05) is 12.8 Å². The molecular formula is C55H107NO5. The van der Waals surface area contributed by atoms with Gasteiger partial charge in [-0.1, -0.05) is 251 Å². The van der Waals surface area contributed by atoms with E-state index in [-0.39, 0.29) is 18.5 Å². The normalized spacial score (nSPS) is 12.7. The summed E-state index contributed by atoms with van der Waals surface area (Å²) in [5.74, 6) is -0.0557. The number of allylic oxidation sites excluding steroid dienone is 2. The first-order chi connectivity index (χ1) is 30.0. The Morgan fingerprint density at radius 1 is 0.443 bits per heavy atom. The SMILES string of the molecule is CCCCCCCCCCCCCCCCCC(=O)OCCCCCC/C=C\CCCCCCCCCC(=O)NC(CO)C(O)CCCCCCCCCCCCCCCC. The smallest absolute Gasteiger partial charge is 0.305 e. The molecule has 0 aromatic rings. The van der Waals surface area contributed by atoms with Crippen molar-refractivity contribution in [1.82, 2.24) is 5.32 Å². The van der Waals surface area contributed by atoms with Gasteiger partial charge in [-0.25, -0.2) is 0 Å². The number of aliphatic hydroxyl groups excluding tert-OH is 2. The third kappa shape index (κ3) is 47.9. The van der Waals surface area contributed by atoms with Gasteiger partial charge in [0.2, 0.25) is 5.91 Å². The van der Waals surface area contributed by atoms with Crippen molar-refractivity contribution in [2.24, 2.45) is 0 Å². The summed E-state index contributed by atoms with van der Waals surface area (Å²) in [4.78, 5) is 24.5. The molecule has 0 aromatic carbocycles. The Kier molecular flexibility index (Phi) is 50.1. The number of rotatable bonds is 51. The summed E-state index contributed by atoms with van der Waals surface area (Å²) in [5, 5.41) is 23.2. The molecule has 6 heteroatoms. The predicted octanol–water partition coefficient (Wildman–Crippen LogP) is 16.5. The summed E-state index contributed by atoms with van der Waals surface area (Å²) >= 11 is 0. The Hall–Kier alpha value is -1.40. The topological polar surface area (TPSA) is 95.9 Å². The number of hydrogen-bond acceptors (Lipinski definition) is 5. The molecule has 3 N–H and O–H groups in total. The van der Waals surface area contributed by atoms with Crippen molar-refractivity contribution in [2.75, 3.05) is 13.2 Å². The van der Waals surface area contributed by atoms with Crippen LogP contribution in [0.2, 0.25) is 0 Å². The molecule has 61 heavy (non-hydrogen) atoms. The van der Waals surface area contributed by atoms with Gasteiger partial charge >= 0.3 is 5.97 Å². The minimum Gasteiger partial charge on any atom is -0.466 e. The van der Waals surface area contributed by atoms with Crippen LogP contribution in [0.5, 0.6) is 0 Å². The van der Waals surface area contributed by atoms with Crippen LogP contribution in [-0.4, -0.2) is 47.4 Å². The van der Waals surface area contributed by atoms with Crippen LogP contribution in [0.3, 0.4) is 0 Å². The third-order valence-electron chi connectivity index (χ3n) is 12.8. The molecule has 362 valence electrons. The highest BCUT2D eigenvalue weighted by atomic mass is 16.5. The molecule has 0 rings (SSSR count). The van der Waals surface area contributed by atoms with E-state index in [0.29, 0.717) is 25.9 Å². The second-order valence-corrected chi connectivity index (χ2v) is 18.9. The lowest BCUT2D eigenvalue weighted by molar-refractivity contribution is -0.143. The van der Waals surface area contributed by atoms with E-state index in [9.17, 15) is 19.8 Å². The van der Waals surface area contributed by atoms with Crippen LogP contribution in [0.25, 0.3) is 0 Å². The van der Waals surface area contributed by atoms with Crippen molar-refractivity contribution in [3.05, 3.63) is 12.2 Å². The van der Waals surface area contributed by atoms with Crippen LogP contribution in [-0.2, 0) is 14.3 Å². The number of amides is 1. The maximum atomic E-state index is 12.4. The number of unbranched alkanes of at least 4 members (excludes halogenated alkanes) is 38. The van der Waals surface area contributed by atoms with E-state index in [4.69, 9.17) is 4.74 Å². The third-order valence-corrected chi connectivity index (χ3v) is 12.8. The van der Waals surface area contributed by atoms with Crippen LogP contribution < -0.4 is 5.32 Å². The molecule has 0 radical (unpaired) electrons. The van der Waals surface area contributed by atoms with Crippen LogP contribution in [0.4, 0.5) is 0 Å². The summed E-state index contributed by atoms with van der Waals surface area (Å²) in [5.41, 5.74) is 0. The van der Waals surface area contributed by atoms with Gasteiger partial charge in [-0.05, 0) is 51.4 Å². The molecule has 0 fully saturated rings. The summed E-state index contributed by atoms with van der Waals surface area (Å²) in [6.45, 7) is 4.93. The molecule has 2 atom stereocenters. The highest BCUT2D eigenvalue weighted by Crippen LogP contribution is 2.17. The number of carbonyl (C=O) groups excluding carboxylic acids is 2. The van der Waals surface area contributed by atoms with Gasteiger partial charge in [-0.15, -0.1) is 0 Å². The molecule has 0 saturated carbocycles. The molecule has 6 nitrogen and oxygen atoms in total. The predicted molar refractivity (Wildman–Crippen MR) is 264 cm³/mol. The average Bonchev–Trinajstić information content (AvgIpc) is 3.26. The van der Waals surface area contributed by atoms with E-state index in [0.717, 1.165) is 70.6 Å². The van der Waals surface area contributed by atoms with Crippen molar-refractivity contribution in [1.29, 1.82) is 0 Å². The number of nitrogens with one attached hydrogen (secondary N) is 1. The maximum absolute atomic E-state index is 12.4. The fourth-order valence-electron chi connectivity index (χ4n) is 8.58. The lowest BCUT2D eigenvalue weighted by Crippen LogP contribution is -2.45. The van der Waals surface area contributed by atoms with Crippen molar-refractivity contribution >= 4 is 11.9 Å². The van der Waals surface area contributed by atoms with Crippen LogP contribution in [0.1, 0.15) is 303 Å². The zero-order valence-electron chi connectivity index (χ0n) is 41.2. The molecule has 2 unspecified atom stereocenters.